The number of nitrogens with zero attached hydrogens (tertiary/aromatic N) is 1. The Morgan fingerprint density at radius 1 is 1.19 bits per heavy atom. The van der Waals surface area contributed by atoms with Crippen LogP contribution in [-0.2, 0) is 10.5 Å². The predicted molar refractivity (Wildman–Crippen MR) is 123 cm³/mol. The fraction of sp³-hybridized carbons (Fsp3) is 0.174. The average molecular weight is 453 g/mol. The van der Waals surface area contributed by atoms with Crippen LogP contribution >= 0.6 is 23.1 Å². The molecule has 0 aliphatic rings. The van der Waals surface area contributed by atoms with E-state index in [-0.39, 0.29) is 11.7 Å². The van der Waals surface area contributed by atoms with E-state index in [1.165, 1.54) is 7.11 Å². The second-order valence-corrected chi connectivity index (χ2v) is 9.01. The molecule has 4 rings (SSSR count). The molecule has 31 heavy (non-hydrogen) atoms. The zero-order chi connectivity index (χ0) is 22.0. The number of esters is 1. The Hall–Kier alpha value is -3.10. The first-order valence-corrected chi connectivity index (χ1v) is 11.4. The summed E-state index contributed by atoms with van der Waals surface area (Å²) >= 11 is 3.15. The van der Waals surface area contributed by atoms with Crippen molar-refractivity contribution >= 4 is 51.6 Å². The number of nitrogens with one attached hydrogen (secondary N) is 1. The number of methoxy groups -OCH3 is 1. The number of rotatable bonds is 6. The summed E-state index contributed by atoms with van der Waals surface area (Å²) in [5, 5.41) is 5.78. The topological polar surface area (TPSA) is 81.4 Å². The first-order chi connectivity index (χ1) is 15.0. The lowest BCUT2D eigenvalue weighted by Crippen LogP contribution is -2.14. The number of fused-ring (bicyclic) bond motifs is 1. The minimum Gasteiger partial charge on any atom is -0.465 e. The van der Waals surface area contributed by atoms with E-state index in [2.05, 4.69) is 10.3 Å². The van der Waals surface area contributed by atoms with Gasteiger partial charge in [0.2, 0.25) is 0 Å². The van der Waals surface area contributed by atoms with Crippen LogP contribution in [0.25, 0.3) is 11.0 Å². The number of aromatic nitrogens is 1. The molecule has 0 unspecified atom stereocenters. The minimum atomic E-state index is -0.463. The number of hydrogen-bond donors (Lipinski definition) is 1. The highest BCUT2D eigenvalue weighted by atomic mass is 32.2. The maximum atomic E-state index is 13.2. The van der Waals surface area contributed by atoms with Gasteiger partial charge < -0.3 is 14.5 Å². The largest absolute Gasteiger partial charge is 0.465 e. The Kier molecular flexibility index (Phi) is 6.11. The number of furan rings is 1. The van der Waals surface area contributed by atoms with Crippen molar-refractivity contribution in [3.8, 4) is 0 Å². The summed E-state index contributed by atoms with van der Waals surface area (Å²) < 4.78 is 11.6. The van der Waals surface area contributed by atoms with Crippen LogP contribution in [-0.4, -0.2) is 24.0 Å². The Balaban J connectivity index is 1.65. The Morgan fingerprint density at radius 2 is 2.00 bits per heavy atom. The number of aryl methyl sites for hydroxylation is 2. The van der Waals surface area contributed by atoms with Gasteiger partial charge in [0.1, 0.15) is 9.92 Å². The summed E-state index contributed by atoms with van der Waals surface area (Å²) in [4.78, 5) is 29.5. The van der Waals surface area contributed by atoms with Crippen molar-refractivity contribution in [2.45, 2.75) is 23.9 Å². The van der Waals surface area contributed by atoms with Crippen LogP contribution in [0.15, 0.2) is 56.6 Å². The van der Waals surface area contributed by atoms with E-state index < -0.39 is 5.97 Å². The number of benzene rings is 2. The third-order valence-electron chi connectivity index (χ3n) is 4.75. The molecule has 1 N–H and O–H groups in total. The Bertz CT molecular complexity index is 1280. The Labute approximate surface area is 187 Å². The highest BCUT2D eigenvalue weighted by Crippen LogP contribution is 2.33. The summed E-state index contributed by atoms with van der Waals surface area (Å²) in [5.74, 6) is -0.0272. The molecule has 0 saturated heterocycles. The molecule has 0 atom stereocenters. The van der Waals surface area contributed by atoms with Gasteiger partial charge in [-0.15, -0.1) is 11.3 Å². The molecule has 2 aromatic carbocycles. The fourth-order valence-corrected chi connectivity index (χ4v) is 5.02. The van der Waals surface area contributed by atoms with Gasteiger partial charge >= 0.3 is 5.97 Å². The summed E-state index contributed by atoms with van der Waals surface area (Å²) in [5.41, 5.74) is 4.16. The van der Waals surface area contributed by atoms with Gasteiger partial charge in [0.05, 0.1) is 12.7 Å². The minimum absolute atomic E-state index is 0.254. The summed E-state index contributed by atoms with van der Waals surface area (Å²) in [6.07, 6.45) is 0. The maximum Gasteiger partial charge on any atom is 0.337 e. The Morgan fingerprint density at radius 3 is 2.74 bits per heavy atom. The predicted octanol–water partition coefficient (Wildman–Crippen LogP) is 5.84. The van der Waals surface area contributed by atoms with Gasteiger partial charge in [0, 0.05) is 33.5 Å². The molecule has 0 aliphatic carbocycles. The average Bonchev–Trinajstić information content (AvgIpc) is 3.36. The molecule has 0 spiro atoms. The van der Waals surface area contributed by atoms with Crippen molar-refractivity contribution in [3.05, 3.63) is 76.0 Å². The molecular formula is C23H20N2O4S2. The molecule has 6 nitrogen and oxygen atoms in total. The molecule has 158 valence electrons. The number of thiazole rings is 1. The van der Waals surface area contributed by atoms with Crippen molar-refractivity contribution in [1.29, 1.82) is 0 Å². The number of para-hydroxylation sites is 1. The SMILES string of the molecule is COC(=O)c1ccc(C)c(NC(=O)c2oc3ccccc3c2CSc2nc(C)cs2)c1. The third kappa shape index (κ3) is 4.50. The number of hydrogen-bond acceptors (Lipinski definition) is 7. The van der Waals surface area contributed by atoms with Gasteiger partial charge in [-0.3, -0.25) is 4.79 Å². The highest BCUT2D eigenvalue weighted by Gasteiger charge is 2.22. The lowest BCUT2D eigenvalue weighted by atomic mass is 10.1. The zero-order valence-electron chi connectivity index (χ0n) is 17.2. The van der Waals surface area contributed by atoms with Gasteiger partial charge in [0.15, 0.2) is 5.76 Å². The second-order valence-electron chi connectivity index (χ2n) is 6.92. The van der Waals surface area contributed by atoms with Crippen LogP contribution in [0.1, 0.15) is 37.7 Å². The lowest BCUT2D eigenvalue weighted by Gasteiger charge is -2.10. The van der Waals surface area contributed by atoms with Crippen LogP contribution in [0.3, 0.4) is 0 Å². The molecule has 0 bridgehead atoms. The fourth-order valence-electron chi connectivity index (χ4n) is 3.14. The normalized spacial score (nSPS) is 10.9. The maximum absolute atomic E-state index is 13.2. The van der Waals surface area contributed by atoms with Gasteiger partial charge in [-0.25, -0.2) is 9.78 Å². The standard InChI is InChI=1S/C23H20N2O4S2/c1-13-8-9-15(22(27)28-3)10-18(13)25-21(26)20-17(12-31-23-24-14(2)11-30-23)16-6-4-5-7-19(16)29-20/h4-11H,12H2,1-3H3,(H,25,26). The number of carbonyl (C=O) groups is 2. The van der Waals surface area contributed by atoms with Crippen molar-refractivity contribution < 1.29 is 18.7 Å². The quantitative estimate of drug-likeness (QED) is 0.292. The molecule has 0 saturated carbocycles. The molecule has 2 aromatic heterocycles. The monoisotopic (exact) mass is 452 g/mol. The number of thioether (sulfide) groups is 1. The lowest BCUT2D eigenvalue weighted by molar-refractivity contribution is 0.0600. The van der Waals surface area contributed by atoms with E-state index in [1.807, 2.05) is 43.5 Å². The van der Waals surface area contributed by atoms with Crippen LogP contribution in [0, 0.1) is 13.8 Å². The summed E-state index contributed by atoms with van der Waals surface area (Å²) in [6.45, 7) is 3.81. The van der Waals surface area contributed by atoms with E-state index >= 15 is 0 Å². The van der Waals surface area contributed by atoms with E-state index in [9.17, 15) is 9.59 Å². The van der Waals surface area contributed by atoms with Gasteiger partial charge in [0.25, 0.3) is 5.91 Å². The summed E-state index contributed by atoms with van der Waals surface area (Å²) in [7, 11) is 1.32. The number of carbonyl (C=O) groups excluding carboxylic acids is 2. The smallest absolute Gasteiger partial charge is 0.337 e. The van der Waals surface area contributed by atoms with Gasteiger partial charge in [-0.05, 0) is 37.6 Å². The van der Waals surface area contributed by atoms with E-state index in [1.54, 1.807) is 41.3 Å². The van der Waals surface area contributed by atoms with Crippen molar-refractivity contribution in [3.63, 3.8) is 0 Å². The van der Waals surface area contributed by atoms with Crippen LogP contribution in [0.4, 0.5) is 5.69 Å². The van der Waals surface area contributed by atoms with Crippen LogP contribution in [0.2, 0.25) is 0 Å². The molecular weight excluding hydrogens is 432 g/mol. The van der Waals surface area contributed by atoms with Crippen molar-refractivity contribution in [2.24, 2.45) is 0 Å². The number of ether oxygens (including phenoxy) is 1. The van der Waals surface area contributed by atoms with Crippen LogP contribution in [0.5, 0.6) is 0 Å². The van der Waals surface area contributed by atoms with Gasteiger partial charge in [-0.1, -0.05) is 36.0 Å². The molecule has 0 fully saturated rings. The van der Waals surface area contributed by atoms with Crippen molar-refractivity contribution in [2.75, 3.05) is 12.4 Å². The molecule has 0 radical (unpaired) electrons. The van der Waals surface area contributed by atoms with Gasteiger partial charge in [-0.2, -0.15) is 0 Å². The molecule has 2 heterocycles. The molecule has 4 aromatic rings. The summed E-state index contributed by atoms with van der Waals surface area (Å²) in [6, 6.07) is 12.6. The highest BCUT2D eigenvalue weighted by molar-refractivity contribution is 8.00. The first-order valence-electron chi connectivity index (χ1n) is 9.52. The molecule has 1 amide bonds. The number of anilines is 1. The van der Waals surface area contributed by atoms with E-state index in [0.29, 0.717) is 22.6 Å². The van der Waals surface area contributed by atoms with Crippen molar-refractivity contribution in [1.82, 2.24) is 4.98 Å². The second kappa shape index (κ2) is 8.95. The molecule has 0 aliphatic heterocycles. The number of amides is 1. The molecule has 8 heteroatoms. The van der Waals surface area contributed by atoms with E-state index in [0.717, 1.165) is 26.5 Å². The first kappa shape index (κ1) is 21.1. The van der Waals surface area contributed by atoms with Crippen LogP contribution < -0.4 is 5.32 Å². The zero-order valence-corrected chi connectivity index (χ0v) is 18.9. The third-order valence-corrected chi connectivity index (χ3v) is 6.91. The van der Waals surface area contributed by atoms with E-state index in [4.69, 9.17) is 9.15 Å².